The first kappa shape index (κ1) is 13.9. The standard InChI is InChI=1S/C15H22BrNO/c1-17-14(11-5-3-4-6-11)10-12-9-13(16)7-8-15(12)18-2/h7-9,11,14,17H,3-6,10H2,1-2H3. The molecule has 1 aromatic carbocycles. The van der Waals surface area contributed by atoms with Crippen LogP contribution in [0.3, 0.4) is 0 Å². The molecule has 1 saturated carbocycles. The van der Waals surface area contributed by atoms with Gasteiger partial charge in [-0.05, 0) is 56.0 Å². The second-order valence-corrected chi connectivity index (χ2v) is 6.02. The van der Waals surface area contributed by atoms with Crippen molar-refractivity contribution in [2.45, 2.75) is 38.1 Å². The van der Waals surface area contributed by atoms with Crippen LogP contribution in [0.2, 0.25) is 0 Å². The molecule has 0 bridgehead atoms. The smallest absolute Gasteiger partial charge is 0.122 e. The maximum Gasteiger partial charge on any atom is 0.122 e. The Morgan fingerprint density at radius 3 is 2.72 bits per heavy atom. The van der Waals surface area contributed by atoms with Crippen LogP contribution in [0.15, 0.2) is 22.7 Å². The zero-order valence-electron chi connectivity index (χ0n) is 11.2. The number of halogens is 1. The third-order valence-corrected chi connectivity index (χ3v) is 4.52. The lowest BCUT2D eigenvalue weighted by atomic mass is 9.92. The summed E-state index contributed by atoms with van der Waals surface area (Å²) in [6.45, 7) is 0. The zero-order valence-corrected chi connectivity index (χ0v) is 12.8. The first-order chi connectivity index (χ1) is 8.74. The molecular formula is C15H22BrNO. The van der Waals surface area contributed by atoms with E-state index in [1.165, 1.54) is 31.2 Å². The molecular weight excluding hydrogens is 290 g/mol. The van der Waals surface area contributed by atoms with E-state index in [1.807, 2.05) is 12.1 Å². The van der Waals surface area contributed by atoms with E-state index in [0.717, 1.165) is 22.6 Å². The normalized spacial score (nSPS) is 17.9. The fourth-order valence-corrected chi connectivity index (χ4v) is 3.42. The second-order valence-electron chi connectivity index (χ2n) is 5.10. The number of likely N-dealkylation sites (N-methyl/N-ethyl adjacent to an activating group) is 1. The molecule has 1 fully saturated rings. The highest BCUT2D eigenvalue weighted by molar-refractivity contribution is 9.10. The van der Waals surface area contributed by atoms with Gasteiger partial charge in [0.2, 0.25) is 0 Å². The highest BCUT2D eigenvalue weighted by Gasteiger charge is 2.24. The summed E-state index contributed by atoms with van der Waals surface area (Å²) in [5.41, 5.74) is 1.29. The summed E-state index contributed by atoms with van der Waals surface area (Å²) in [4.78, 5) is 0. The molecule has 1 aliphatic carbocycles. The molecule has 1 atom stereocenters. The quantitative estimate of drug-likeness (QED) is 0.893. The Kier molecular flexibility index (Phi) is 5.07. The molecule has 2 rings (SSSR count). The first-order valence-corrected chi connectivity index (χ1v) is 7.53. The van der Waals surface area contributed by atoms with Gasteiger partial charge in [0.25, 0.3) is 0 Å². The van der Waals surface area contributed by atoms with Gasteiger partial charge in [-0.3, -0.25) is 0 Å². The molecule has 0 amide bonds. The number of methoxy groups -OCH3 is 1. The highest BCUT2D eigenvalue weighted by Crippen LogP contribution is 2.31. The maximum atomic E-state index is 5.46. The minimum Gasteiger partial charge on any atom is -0.496 e. The number of hydrogen-bond donors (Lipinski definition) is 1. The molecule has 1 unspecified atom stereocenters. The van der Waals surface area contributed by atoms with E-state index in [1.54, 1.807) is 7.11 Å². The highest BCUT2D eigenvalue weighted by atomic mass is 79.9. The Balaban J connectivity index is 2.12. The first-order valence-electron chi connectivity index (χ1n) is 6.74. The van der Waals surface area contributed by atoms with Crippen molar-refractivity contribution in [1.29, 1.82) is 0 Å². The Bertz CT molecular complexity index is 388. The van der Waals surface area contributed by atoms with E-state index in [0.29, 0.717) is 6.04 Å². The average Bonchev–Trinajstić information content (AvgIpc) is 2.90. The van der Waals surface area contributed by atoms with E-state index in [9.17, 15) is 0 Å². The van der Waals surface area contributed by atoms with Crippen LogP contribution in [0, 0.1) is 5.92 Å². The monoisotopic (exact) mass is 311 g/mol. The average molecular weight is 312 g/mol. The van der Waals surface area contributed by atoms with Crippen LogP contribution in [0.1, 0.15) is 31.2 Å². The van der Waals surface area contributed by atoms with Gasteiger partial charge in [-0.1, -0.05) is 28.8 Å². The molecule has 3 heteroatoms. The van der Waals surface area contributed by atoms with Gasteiger partial charge in [0.1, 0.15) is 5.75 Å². The minimum absolute atomic E-state index is 0.565. The van der Waals surface area contributed by atoms with Crippen molar-refractivity contribution in [2.75, 3.05) is 14.2 Å². The van der Waals surface area contributed by atoms with Crippen LogP contribution in [-0.4, -0.2) is 20.2 Å². The van der Waals surface area contributed by atoms with Crippen molar-refractivity contribution >= 4 is 15.9 Å². The van der Waals surface area contributed by atoms with Crippen molar-refractivity contribution in [1.82, 2.24) is 5.32 Å². The molecule has 0 aliphatic heterocycles. The summed E-state index contributed by atoms with van der Waals surface area (Å²) >= 11 is 3.54. The Labute approximate surface area is 118 Å². The predicted octanol–water partition coefficient (Wildman–Crippen LogP) is 3.78. The van der Waals surface area contributed by atoms with Crippen molar-refractivity contribution in [3.8, 4) is 5.75 Å². The Morgan fingerprint density at radius 1 is 1.39 bits per heavy atom. The second kappa shape index (κ2) is 6.58. The molecule has 1 N–H and O–H groups in total. The molecule has 0 spiro atoms. The minimum atomic E-state index is 0.565. The van der Waals surface area contributed by atoms with Crippen molar-refractivity contribution in [3.63, 3.8) is 0 Å². The van der Waals surface area contributed by atoms with Crippen molar-refractivity contribution < 1.29 is 4.74 Å². The van der Waals surface area contributed by atoms with Gasteiger partial charge in [0.05, 0.1) is 7.11 Å². The number of ether oxygens (including phenoxy) is 1. The van der Waals surface area contributed by atoms with Crippen LogP contribution in [0.4, 0.5) is 0 Å². The summed E-state index contributed by atoms with van der Waals surface area (Å²) < 4.78 is 6.58. The molecule has 2 nitrogen and oxygen atoms in total. The molecule has 18 heavy (non-hydrogen) atoms. The largest absolute Gasteiger partial charge is 0.496 e. The SMILES string of the molecule is CNC(Cc1cc(Br)ccc1OC)C1CCCC1. The lowest BCUT2D eigenvalue weighted by Gasteiger charge is -2.24. The number of hydrogen-bond acceptors (Lipinski definition) is 2. The molecule has 1 aromatic rings. The van der Waals surface area contributed by atoms with Crippen molar-refractivity contribution in [2.24, 2.45) is 5.92 Å². The summed E-state index contributed by atoms with van der Waals surface area (Å²) in [6, 6.07) is 6.82. The van der Waals surface area contributed by atoms with E-state index >= 15 is 0 Å². The third-order valence-electron chi connectivity index (χ3n) is 4.02. The number of nitrogens with one attached hydrogen (secondary N) is 1. The van der Waals surface area contributed by atoms with Crippen molar-refractivity contribution in [3.05, 3.63) is 28.2 Å². The lowest BCUT2D eigenvalue weighted by Crippen LogP contribution is -2.34. The summed E-state index contributed by atoms with van der Waals surface area (Å²) in [5.74, 6) is 1.81. The molecule has 0 heterocycles. The van der Waals surface area contributed by atoms with Gasteiger partial charge in [-0.25, -0.2) is 0 Å². The van der Waals surface area contributed by atoms with Gasteiger partial charge < -0.3 is 10.1 Å². The Hall–Kier alpha value is -0.540. The fraction of sp³-hybridized carbons (Fsp3) is 0.600. The van der Waals surface area contributed by atoms with E-state index in [4.69, 9.17) is 4.74 Å². The van der Waals surface area contributed by atoms with E-state index < -0.39 is 0 Å². The maximum absolute atomic E-state index is 5.46. The molecule has 0 aromatic heterocycles. The molecule has 100 valence electrons. The topological polar surface area (TPSA) is 21.3 Å². The van der Waals surface area contributed by atoms with Crippen LogP contribution >= 0.6 is 15.9 Å². The van der Waals surface area contributed by atoms with E-state index in [2.05, 4.69) is 34.4 Å². The van der Waals surface area contributed by atoms with Crippen LogP contribution in [-0.2, 0) is 6.42 Å². The lowest BCUT2D eigenvalue weighted by molar-refractivity contribution is 0.365. The van der Waals surface area contributed by atoms with Gasteiger partial charge in [0, 0.05) is 10.5 Å². The number of rotatable bonds is 5. The third kappa shape index (κ3) is 3.27. The van der Waals surface area contributed by atoms with E-state index in [-0.39, 0.29) is 0 Å². The molecule has 1 aliphatic rings. The summed E-state index contributed by atoms with van der Waals surface area (Å²) in [6.07, 6.45) is 6.55. The summed E-state index contributed by atoms with van der Waals surface area (Å²) in [7, 11) is 3.82. The Morgan fingerprint density at radius 2 is 2.11 bits per heavy atom. The van der Waals surface area contributed by atoms with Gasteiger partial charge in [-0.2, -0.15) is 0 Å². The molecule has 0 radical (unpaired) electrons. The van der Waals surface area contributed by atoms with Gasteiger partial charge >= 0.3 is 0 Å². The zero-order chi connectivity index (χ0) is 13.0. The van der Waals surface area contributed by atoms with Gasteiger partial charge in [0.15, 0.2) is 0 Å². The van der Waals surface area contributed by atoms with Crippen LogP contribution in [0.25, 0.3) is 0 Å². The summed E-state index contributed by atoms with van der Waals surface area (Å²) in [5, 5.41) is 3.49. The predicted molar refractivity (Wildman–Crippen MR) is 79.2 cm³/mol. The number of benzene rings is 1. The van der Waals surface area contributed by atoms with Crippen LogP contribution < -0.4 is 10.1 Å². The van der Waals surface area contributed by atoms with Gasteiger partial charge in [-0.15, -0.1) is 0 Å². The van der Waals surface area contributed by atoms with Crippen LogP contribution in [0.5, 0.6) is 5.75 Å². The fourth-order valence-electron chi connectivity index (χ4n) is 3.01. The molecule has 0 saturated heterocycles.